The average Bonchev–Trinajstić information content (AvgIpc) is 3.07. The number of nitrogens with one attached hydrogen (secondary N) is 2. The minimum Gasteiger partial charge on any atom is -0.483 e. The van der Waals surface area contributed by atoms with E-state index in [0.717, 1.165) is 21.5 Å². The van der Waals surface area contributed by atoms with Crippen molar-refractivity contribution >= 4 is 65.7 Å². The molecule has 2 aromatic carbocycles. The van der Waals surface area contributed by atoms with Gasteiger partial charge in [0.15, 0.2) is 6.61 Å². The Hall–Kier alpha value is -2.37. The molecule has 3 aromatic rings. The smallest absolute Gasteiger partial charge is 0.416 e. The van der Waals surface area contributed by atoms with E-state index in [2.05, 4.69) is 42.5 Å². The van der Waals surface area contributed by atoms with Gasteiger partial charge in [-0.15, -0.1) is 11.3 Å². The van der Waals surface area contributed by atoms with E-state index in [0.29, 0.717) is 27.2 Å². The van der Waals surface area contributed by atoms with Crippen molar-refractivity contribution in [3.05, 3.63) is 73.0 Å². The van der Waals surface area contributed by atoms with Crippen LogP contribution in [0.25, 0.3) is 0 Å². The lowest BCUT2D eigenvalue weighted by Crippen LogP contribution is -2.22. The summed E-state index contributed by atoms with van der Waals surface area (Å²) in [6, 6.07) is 9.63. The highest BCUT2D eigenvalue weighted by Gasteiger charge is 2.31. The minimum atomic E-state index is -4.53. The summed E-state index contributed by atoms with van der Waals surface area (Å²) in [4.78, 5) is 26.4. The predicted molar refractivity (Wildman–Crippen MR) is 134 cm³/mol. The molecule has 0 saturated carbocycles. The number of benzene rings is 2. The summed E-state index contributed by atoms with van der Waals surface area (Å²) >= 11 is 7.92. The third-order valence-corrected chi connectivity index (χ3v) is 6.92. The van der Waals surface area contributed by atoms with Crippen molar-refractivity contribution in [2.45, 2.75) is 26.4 Å². The fourth-order valence-electron chi connectivity index (χ4n) is 3.20. The molecule has 0 spiro atoms. The summed E-state index contributed by atoms with van der Waals surface area (Å²) in [6.07, 6.45) is -4.02. The molecule has 2 N–H and O–H groups in total. The third kappa shape index (κ3) is 6.39. The molecule has 3 rings (SSSR count). The molecular formula is C23H19Br2F3N2O3S. The van der Waals surface area contributed by atoms with Crippen molar-refractivity contribution in [2.75, 3.05) is 17.2 Å². The summed E-state index contributed by atoms with van der Waals surface area (Å²) in [6.45, 7) is 3.37. The molecule has 0 bridgehead atoms. The normalized spacial score (nSPS) is 11.3. The van der Waals surface area contributed by atoms with Crippen LogP contribution in [0.15, 0.2) is 51.4 Å². The summed E-state index contributed by atoms with van der Waals surface area (Å²) in [5, 5.41) is 5.52. The molecule has 2 amide bonds. The van der Waals surface area contributed by atoms with Gasteiger partial charge >= 0.3 is 6.18 Å². The number of hydrogen-bond acceptors (Lipinski definition) is 4. The number of aryl methyl sites for hydroxylation is 1. The van der Waals surface area contributed by atoms with E-state index in [1.165, 1.54) is 23.5 Å². The Morgan fingerprint density at radius 2 is 1.82 bits per heavy atom. The number of ether oxygens (including phenoxy) is 1. The van der Waals surface area contributed by atoms with E-state index < -0.39 is 23.6 Å². The van der Waals surface area contributed by atoms with E-state index >= 15 is 0 Å². The monoisotopic (exact) mass is 618 g/mol. The van der Waals surface area contributed by atoms with Crippen molar-refractivity contribution in [3.8, 4) is 5.75 Å². The van der Waals surface area contributed by atoms with Crippen LogP contribution in [-0.2, 0) is 17.4 Å². The fourth-order valence-corrected chi connectivity index (χ4v) is 5.52. The number of halogens is 5. The van der Waals surface area contributed by atoms with Gasteiger partial charge in [-0.05, 0) is 71.2 Å². The Kier molecular flexibility index (Phi) is 8.43. The Balaban J connectivity index is 1.78. The molecule has 0 atom stereocenters. The van der Waals surface area contributed by atoms with Gasteiger partial charge in [0.2, 0.25) is 0 Å². The summed E-state index contributed by atoms with van der Waals surface area (Å²) in [5.41, 5.74) is 0.0700. The maximum atomic E-state index is 13.0. The number of thiophene rings is 1. The van der Waals surface area contributed by atoms with Crippen molar-refractivity contribution in [1.29, 1.82) is 0 Å². The molecule has 1 heterocycles. The Morgan fingerprint density at radius 1 is 1.09 bits per heavy atom. The number of carbonyl (C=O) groups is 2. The zero-order valence-corrected chi connectivity index (χ0v) is 22.0. The van der Waals surface area contributed by atoms with Crippen molar-refractivity contribution < 1.29 is 27.5 Å². The molecule has 0 fully saturated rings. The van der Waals surface area contributed by atoms with Gasteiger partial charge in [0.1, 0.15) is 10.8 Å². The van der Waals surface area contributed by atoms with E-state index in [9.17, 15) is 22.8 Å². The summed E-state index contributed by atoms with van der Waals surface area (Å²) in [5.74, 6) is -0.614. The van der Waals surface area contributed by atoms with Crippen LogP contribution in [0.3, 0.4) is 0 Å². The van der Waals surface area contributed by atoms with Crippen LogP contribution in [-0.4, -0.2) is 18.4 Å². The molecule has 0 aliphatic rings. The van der Waals surface area contributed by atoms with Crippen LogP contribution in [0.4, 0.5) is 23.9 Å². The first kappa shape index (κ1) is 26.2. The zero-order chi connectivity index (χ0) is 25.0. The number of amides is 2. The van der Waals surface area contributed by atoms with Gasteiger partial charge in [0.05, 0.1) is 15.6 Å². The fraction of sp³-hybridized carbons (Fsp3) is 0.217. The standard InChI is InChI=1S/C23H19Br2F3N2O3S/c1-3-16-12(2)34-22(30-19(31)11-33-18-8-7-14(24)10-17(18)25)20(16)21(32)29-15-6-4-5-13(9-15)23(26,27)28/h4-10H,3,11H2,1-2H3,(H,29,32)(H,30,31). The van der Waals surface area contributed by atoms with Crippen LogP contribution < -0.4 is 15.4 Å². The largest absolute Gasteiger partial charge is 0.483 e. The van der Waals surface area contributed by atoms with E-state index in [1.54, 1.807) is 18.2 Å². The third-order valence-electron chi connectivity index (χ3n) is 4.74. The number of alkyl halides is 3. The van der Waals surface area contributed by atoms with Gasteiger partial charge in [-0.1, -0.05) is 28.9 Å². The van der Waals surface area contributed by atoms with Gasteiger partial charge in [-0.25, -0.2) is 0 Å². The van der Waals surface area contributed by atoms with Gasteiger partial charge in [0.25, 0.3) is 11.8 Å². The highest BCUT2D eigenvalue weighted by molar-refractivity contribution is 9.11. The first-order valence-electron chi connectivity index (χ1n) is 9.98. The van der Waals surface area contributed by atoms with Gasteiger partial charge in [0, 0.05) is 15.0 Å². The first-order valence-corrected chi connectivity index (χ1v) is 12.4. The van der Waals surface area contributed by atoms with E-state index in [1.807, 2.05) is 13.8 Å². The second-order valence-electron chi connectivity index (χ2n) is 7.14. The van der Waals surface area contributed by atoms with E-state index in [4.69, 9.17) is 4.74 Å². The molecule has 0 aliphatic heterocycles. The Labute approximate surface area is 215 Å². The molecule has 0 radical (unpaired) electrons. The molecule has 0 unspecified atom stereocenters. The Bertz CT molecular complexity index is 1230. The highest BCUT2D eigenvalue weighted by Crippen LogP contribution is 2.35. The zero-order valence-electron chi connectivity index (χ0n) is 18.0. The maximum absolute atomic E-state index is 13.0. The highest BCUT2D eigenvalue weighted by atomic mass is 79.9. The summed E-state index contributed by atoms with van der Waals surface area (Å²) in [7, 11) is 0. The maximum Gasteiger partial charge on any atom is 0.416 e. The van der Waals surface area contributed by atoms with Crippen LogP contribution in [0.1, 0.15) is 33.3 Å². The molecule has 5 nitrogen and oxygen atoms in total. The number of hydrogen-bond donors (Lipinski definition) is 2. The summed E-state index contributed by atoms with van der Waals surface area (Å²) < 4.78 is 46.1. The lowest BCUT2D eigenvalue weighted by Gasteiger charge is -2.12. The number of rotatable bonds is 7. The molecule has 1 aromatic heterocycles. The average molecular weight is 620 g/mol. The number of carbonyl (C=O) groups excluding carboxylic acids is 2. The minimum absolute atomic E-state index is 0.00595. The molecule has 11 heteroatoms. The lowest BCUT2D eigenvalue weighted by molar-refractivity contribution is -0.137. The molecule has 0 saturated heterocycles. The van der Waals surface area contributed by atoms with Crippen LogP contribution in [0.2, 0.25) is 0 Å². The van der Waals surface area contributed by atoms with Gasteiger partial charge < -0.3 is 15.4 Å². The quantitative estimate of drug-likeness (QED) is 0.289. The van der Waals surface area contributed by atoms with Crippen LogP contribution >= 0.6 is 43.2 Å². The van der Waals surface area contributed by atoms with Crippen molar-refractivity contribution in [2.24, 2.45) is 0 Å². The molecular weight excluding hydrogens is 601 g/mol. The molecule has 180 valence electrons. The van der Waals surface area contributed by atoms with Gasteiger partial charge in [-0.3, -0.25) is 9.59 Å². The predicted octanol–water partition coefficient (Wildman–Crippen LogP) is 7.43. The SMILES string of the molecule is CCc1c(C)sc(NC(=O)COc2ccc(Br)cc2Br)c1C(=O)Nc1cccc(C(F)(F)F)c1. The van der Waals surface area contributed by atoms with Crippen molar-refractivity contribution in [1.82, 2.24) is 0 Å². The van der Waals surface area contributed by atoms with Crippen LogP contribution in [0.5, 0.6) is 5.75 Å². The topological polar surface area (TPSA) is 67.4 Å². The van der Waals surface area contributed by atoms with E-state index in [-0.39, 0.29) is 17.9 Å². The molecule has 34 heavy (non-hydrogen) atoms. The lowest BCUT2D eigenvalue weighted by atomic mass is 10.1. The van der Waals surface area contributed by atoms with Gasteiger partial charge in [-0.2, -0.15) is 13.2 Å². The Morgan fingerprint density at radius 3 is 2.47 bits per heavy atom. The second-order valence-corrected chi connectivity index (χ2v) is 10.1. The first-order chi connectivity index (χ1) is 16.0. The van der Waals surface area contributed by atoms with Crippen molar-refractivity contribution in [3.63, 3.8) is 0 Å². The molecule has 0 aliphatic carbocycles. The second kappa shape index (κ2) is 10.9. The van der Waals surface area contributed by atoms with Crippen LogP contribution in [0, 0.1) is 6.92 Å². The number of anilines is 2.